The maximum Gasteiger partial charge on any atom is 0.162 e. The number of nitriles is 6. The third-order valence-electron chi connectivity index (χ3n) is 2.77. The Labute approximate surface area is 123 Å². The number of benzene rings is 1. The summed E-state index contributed by atoms with van der Waals surface area (Å²) in [5.41, 5.74) is -3.70. The molecule has 1 rings (SSSR count). The molecule has 0 amide bonds. The van der Waals surface area contributed by atoms with Crippen LogP contribution in [0.1, 0.15) is 34.1 Å². The average Bonchev–Trinajstić information content (AvgIpc) is 2.53. The molecule has 0 N–H and O–H groups in total. The highest BCUT2D eigenvalue weighted by Gasteiger charge is 2.32. The van der Waals surface area contributed by atoms with E-state index in [2.05, 4.69) is 0 Å². The largest absolute Gasteiger partial charge is 0.205 e. The minimum absolute atomic E-state index is 0.875. The molecule has 0 heterocycles. The van der Waals surface area contributed by atoms with Gasteiger partial charge in [-0.05, 0) is 0 Å². The Morgan fingerprint density at radius 2 is 0.864 bits per heavy atom. The second kappa shape index (κ2) is 6.45. The highest BCUT2D eigenvalue weighted by Crippen LogP contribution is 2.34. The van der Waals surface area contributed by atoms with Crippen LogP contribution < -0.4 is 0 Å². The summed E-state index contributed by atoms with van der Waals surface area (Å²) in [6.45, 7) is 0. The van der Waals surface area contributed by atoms with Crippen molar-refractivity contribution in [2.24, 2.45) is 0 Å². The van der Waals surface area contributed by atoms with Crippen molar-refractivity contribution in [3.05, 3.63) is 33.9 Å². The van der Waals surface area contributed by atoms with Gasteiger partial charge in [-0.25, -0.2) is 8.78 Å². The van der Waals surface area contributed by atoms with Crippen LogP contribution in [0.2, 0.25) is 0 Å². The summed E-state index contributed by atoms with van der Waals surface area (Å²) < 4.78 is 28.7. The Morgan fingerprint density at radius 1 is 0.591 bits per heavy atom. The van der Waals surface area contributed by atoms with E-state index in [1.807, 2.05) is 0 Å². The summed E-state index contributed by atoms with van der Waals surface area (Å²) in [7, 11) is 0. The lowest BCUT2D eigenvalue weighted by molar-refractivity contribution is 0.567. The first-order valence-electron chi connectivity index (χ1n) is 5.45. The molecule has 0 aromatic heterocycles. The smallest absolute Gasteiger partial charge is 0.162 e. The molecule has 0 aliphatic rings. The summed E-state index contributed by atoms with van der Waals surface area (Å²) in [5.74, 6) is -6.54. The Kier molecular flexibility index (Phi) is 4.71. The van der Waals surface area contributed by atoms with Crippen LogP contribution in [0, 0.1) is 79.6 Å². The van der Waals surface area contributed by atoms with E-state index in [1.54, 1.807) is 0 Å². The Morgan fingerprint density at radius 3 is 1.05 bits per heavy atom. The Bertz CT molecular complexity index is 789. The summed E-state index contributed by atoms with van der Waals surface area (Å²) in [5, 5.41) is 53.1. The SMILES string of the molecule is N#Cc1c(F)c(C(C#N)C#N)c(C#N)c(F)c1C(C#N)C#N. The number of hydrogen-bond acceptors (Lipinski definition) is 6. The van der Waals surface area contributed by atoms with E-state index in [1.165, 1.54) is 36.4 Å². The second-order valence-corrected chi connectivity index (χ2v) is 3.81. The maximum atomic E-state index is 14.4. The maximum absolute atomic E-state index is 14.4. The lowest BCUT2D eigenvalue weighted by Crippen LogP contribution is -2.12. The molecule has 0 fully saturated rings. The van der Waals surface area contributed by atoms with Crippen molar-refractivity contribution in [2.75, 3.05) is 0 Å². The van der Waals surface area contributed by atoms with Gasteiger partial charge in [0.15, 0.2) is 11.8 Å². The van der Waals surface area contributed by atoms with E-state index < -0.39 is 45.7 Å². The van der Waals surface area contributed by atoms with E-state index in [0.717, 1.165) is 0 Å². The van der Waals surface area contributed by atoms with Crippen molar-refractivity contribution in [1.82, 2.24) is 0 Å². The molecular weight excluding hydrogens is 290 g/mol. The lowest BCUT2D eigenvalue weighted by atomic mass is 9.86. The first kappa shape index (κ1) is 16.1. The number of hydrogen-bond donors (Lipinski definition) is 0. The monoisotopic (exact) mass is 292 g/mol. The molecule has 22 heavy (non-hydrogen) atoms. The predicted molar refractivity (Wildman–Crippen MR) is 63.7 cm³/mol. The van der Waals surface area contributed by atoms with Crippen molar-refractivity contribution in [3.8, 4) is 36.4 Å². The van der Waals surface area contributed by atoms with Crippen molar-refractivity contribution < 1.29 is 8.78 Å². The molecule has 0 spiro atoms. The van der Waals surface area contributed by atoms with Crippen molar-refractivity contribution in [2.45, 2.75) is 11.8 Å². The molecule has 1 aromatic carbocycles. The first-order chi connectivity index (χ1) is 10.5. The summed E-state index contributed by atoms with van der Waals surface area (Å²) in [6, 6.07) is 8.13. The van der Waals surface area contributed by atoms with Crippen LogP contribution in [0.25, 0.3) is 0 Å². The quantitative estimate of drug-likeness (QED) is 0.815. The fourth-order valence-electron chi connectivity index (χ4n) is 1.80. The predicted octanol–water partition coefficient (Wildman–Crippen LogP) is 1.97. The van der Waals surface area contributed by atoms with Crippen molar-refractivity contribution in [3.63, 3.8) is 0 Å². The minimum Gasteiger partial charge on any atom is -0.205 e. The van der Waals surface area contributed by atoms with Crippen LogP contribution in [0.4, 0.5) is 8.78 Å². The average molecular weight is 292 g/mol. The van der Waals surface area contributed by atoms with Gasteiger partial charge < -0.3 is 0 Å². The van der Waals surface area contributed by atoms with Crippen LogP contribution in [0.15, 0.2) is 0 Å². The molecular formula is C14H2F2N6. The molecule has 0 saturated carbocycles. The fourth-order valence-corrected chi connectivity index (χ4v) is 1.80. The molecule has 0 unspecified atom stereocenters. The normalized spacial score (nSPS) is 9.00. The summed E-state index contributed by atoms with van der Waals surface area (Å²) >= 11 is 0. The number of rotatable bonds is 2. The molecule has 6 nitrogen and oxygen atoms in total. The van der Waals surface area contributed by atoms with Gasteiger partial charge in [0.05, 0.1) is 35.4 Å². The second-order valence-electron chi connectivity index (χ2n) is 3.81. The molecule has 0 aliphatic carbocycles. The third-order valence-corrected chi connectivity index (χ3v) is 2.77. The molecule has 0 aliphatic heterocycles. The van der Waals surface area contributed by atoms with Crippen LogP contribution in [-0.4, -0.2) is 0 Å². The summed E-state index contributed by atoms with van der Waals surface area (Å²) in [4.78, 5) is 0. The highest BCUT2D eigenvalue weighted by molar-refractivity contribution is 5.58. The van der Waals surface area contributed by atoms with Gasteiger partial charge in [0, 0.05) is 11.1 Å². The first-order valence-corrected chi connectivity index (χ1v) is 5.45. The van der Waals surface area contributed by atoms with E-state index in [9.17, 15) is 8.78 Å². The lowest BCUT2D eigenvalue weighted by Gasteiger charge is -2.13. The van der Waals surface area contributed by atoms with E-state index in [-0.39, 0.29) is 0 Å². The fraction of sp³-hybridized carbons (Fsp3) is 0.143. The number of nitrogens with zero attached hydrogens (tertiary/aromatic N) is 6. The summed E-state index contributed by atoms with van der Waals surface area (Å²) in [6.07, 6.45) is 0. The van der Waals surface area contributed by atoms with E-state index in [0.29, 0.717) is 0 Å². The zero-order valence-corrected chi connectivity index (χ0v) is 10.6. The van der Waals surface area contributed by atoms with Crippen LogP contribution >= 0.6 is 0 Å². The van der Waals surface area contributed by atoms with E-state index in [4.69, 9.17) is 31.6 Å². The van der Waals surface area contributed by atoms with Gasteiger partial charge in [0.2, 0.25) is 0 Å². The molecule has 1 aromatic rings. The number of halogens is 2. The minimum atomic E-state index is -1.81. The van der Waals surface area contributed by atoms with Gasteiger partial charge in [0.1, 0.15) is 23.8 Å². The third kappa shape index (κ3) is 2.26. The Balaban J connectivity index is 4.06. The zero-order valence-electron chi connectivity index (χ0n) is 10.6. The topological polar surface area (TPSA) is 143 Å². The van der Waals surface area contributed by atoms with Crippen LogP contribution in [0.5, 0.6) is 0 Å². The highest BCUT2D eigenvalue weighted by atomic mass is 19.1. The molecule has 102 valence electrons. The van der Waals surface area contributed by atoms with Gasteiger partial charge in [-0.1, -0.05) is 0 Å². The molecule has 0 saturated heterocycles. The van der Waals surface area contributed by atoms with Gasteiger partial charge in [-0.2, -0.15) is 31.6 Å². The van der Waals surface area contributed by atoms with Gasteiger partial charge in [0.25, 0.3) is 0 Å². The van der Waals surface area contributed by atoms with E-state index >= 15 is 0 Å². The Hall–Kier alpha value is -3.98. The van der Waals surface area contributed by atoms with Crippen molar-refractivity contribution >= 4 is 0 Å². The standard InChI is InChI=1S/C14H2F2N6/c15-13-10(6-22)12(8(3-19)4-20)14(16)9(5-21)11(13)7(1-17)2-18/h7-8H. The molecule has 0 atom stereocenters. The van der Waals surface area contributed by atoms with Gasteiger partial charge in [-0.15, -0.1) is 0 Å². The molecule has 8 heteroatoms. The zero-order chi connectivity index (χ0) is 16.9. The van der Waals surface area contributed by atoms with Gasteiger partial charge >= 0.3 is 0 Å². The molecule has 0 bridgehead atoms. The van der Waals surface area contributed by atoms with Crippen LogP contribution in [0.3, 0.4) is 0 Å². The van der Waals surface area contributed by atoms with Gasteiger partial charge in [-0.3, -0.25) is 0 Å². The van der Waals surface area contributed by atoms with Crippen LogP contribution in [-0.2, 0) is 0 Å². The van der Waals surface area contributed by atoms with Crippen molar-refractivity contribution in [1.29, 1.82) is 31.6 Å². The molecule has 0 radical (unpaired) electrons.